The number of aliphatic carboxylic acids is 1. The Balaban J connectivity index is 2.15. The molecule has 1 aromatic rings. The number of rotatable bonds is 4. The molecule has 0 aliphatic carbocycles. The first-order valence-corrected chi connectivity index (χ1v) is 6.54. The fourth-order valence-electron chi connectivity index (χ4n) is 2.65. The average molecular weight is 278 g/mol. The third kappa shape index (κ3) is 3.08. The van der Waals surface area contributed by atoms with Crippen molar-refractivity contribution in [3.63, 3.8) is 0 Å². The molecule has 2 rings (SSSR count). The Bertz CT molecular complexity index is 510. The highest BCUT2D eigenvalue weighted by molar-refractivity contribution is 5.77. The summed E-state index contributed by atoms with van der Waals surface area (Å²) >= 11 is 0. The number of aromatic hydroxyl groups is 1. The summed E-state index contributed by atoms with van der Waals surface area (Å²) in [6.45, 7) is 1.00. The van der Waals surface area contributed by atoms with Crippen molar-refractivity contribution in [2.24, 2.45) is 11.7 Å². The molecular weight excluding hydrogens is 260 g/mol. The number of phenols is 1. The van der Waals surface area contributed by atoms with Crippen molar-refractivity contribution in [1.82, 2.24) is 4.90 Å². The normalized spacial score (nSPS) is 18.6. The Kier molecular flexibility index (Phi) is 4.24. The molecule has 0 bridgehead atoms. The van der Waals surface area contributed by atoms with E-state index in [0.717, 1.165) is 0 Å². The minimum atomic E-state index is -0.965. The van der Waals surface area contributed by atoms with Gasteiger partial charge in [-0.15, -0.1) is 0 Å². The summed E-state index contributed by atoms with van der Waals surface area (Å²) in [5.41, 5.74) is 5.81. The second-order valence-corrected chi connectivity index (χ2v) is 5.05. The molecule has 1 aliphatic heterocycles. The van der Waals surface area contributed by atoms with E-state index in [9.17, 15) is 19.8 Å². The molecule has 6 nitrogen and oxygen atoms in total. The maximum Gasteiger partial charge on any atom is 0.325 e. The van der Waals surface area contributed by atoms with Crippen molar-refractivity contribution in [3.8, 4) is 5.75 Å². The van der Waals surface area contributed by atoms with Crippen molar-refractivity contribution in [2.75, 3.05) is 13.1 Å². The van der Waals surface area contributed by atoms with Crippen LogP contribution in [0, 0.1) is 5.92 Å². The van der Waals surface area contributed by atoms with Crippen molar-refractivity contribution in [2.45, 2.75) is 18.9 Å². The largest absolute Gasteiger partial charge is 0.508 e. The number of likely N-dealkylation sites (tertiary alicyclic amines) is 1. The van der Waals surface area contributed by atoms with E-state index >= 15 is 0 Å². The van der Waals surface area contributed by atoms with Crippen LogP contribution in [0.15, 0.2) is 24.3 Å². The number of carbonyl (C=O) groups excluding carboxylic acids is 1. The van der Waals surface area contributed by atoms with Crippen molar-refractivity contribution >= 4 is 11.9 Å². The molecule has 4 N–H and O–H groups in total. The minimum absolute atomic E-state index is 0.0424. The van der Waals surface area contributed by atoms with Gasteiger partial charge in [0.15, 0.2) is 0 Å². The average Bonchev–Trinajstić information content (AvgIpc) is 2.39. The fraction of sp³-hybridized carbons (Fsp3) is 0.429. The van der Waals surface area contributed by atoms with E-state index in [0.29, 0.717) is 31.5 Å². The van der Waals surface area contributed by atoms with Crippen LogP contribution < -0.4 is 5.73 Å². The van der Waals surface area contributed by atoms with Crippen LogP contribution in [0.25, 0.3) is 0 Å². The third-order valence-electron chi connectivity index (χ3n) is 3.72. The Morgan fingerprint density at radius 2 is 1.95 bits per heavy atom. The number of benzene rings is 1. The summed E-state index contributed by atoms with van der Waals surface area (Å²) in [7, 11) is 0. The number of carboxylic acids is 1. The molecule has 1 saturated heterocycles. The first kappa shape index (κ1) is 14.3. The number of hydrogen-bond donors (Lipinski definition) is 3. The van der Waals surface area contributed by atoms with Crippen molar-refractivity contribution < 1.29 is 19.8 Å². The van der Waals surface area contributed by atoms with Gasteiger partial charge in [0.05, 0.1) is 0 Å². The molecule has 20 heavy (non-hydrogen) atoms. The summed E-state index contributed by atoms with van der Waals surface area (Å²) in [5.74, 6) is -1.42. The molecule has 1 aromatic carbocycles. The lowest BCUT2D eigenvalue weighted by molar-refractivity contribution is -0.144. The van der Waals surface area contributed by atoms with Crippen LogP contribution in [0.1, 0.15) is 24.4 Å². The van der Waals surface area contributed by atoms with Gasteiger partial charge in [-0.05, 0) is 30.5 Å². The summed E-state index contributed by atoms with van der Waals surface area (Å²) in [6.07, 6.45) is 1.13. The van der Waals surface area contributed by atoms with Gasteiger partial charge in [-0.1, -0.05) is 12.1 Å². The van der Waals surface area contributed by atoms with E-state index in [2.05, 4.69) is 0 Å². The second kappa shape index (κ2) is 5.92. The van der Waals surface area contributed by atoms with E-state index in [4.69, 9.17) is 5.73 Å². The van der Waals surface area contributed by atoms with Crippen LogP contribution in [0.3, 0.4) is 0 Å². The summed E-state index contributed by atoms with van der Waals surface area (Å²) in [5, 5.41) is 18.9. The SMILES string of the molecule is NC(=O)C1CCN(C(C(=O)O)c2cccc(O)c2)CC1. The van der Waals surface area contributed by atoms with Crippen LogP contribution in [-0.2, 0) is 9.59 Å². The predicted molar refractivity (Wildman–Crippen MR) is 72.0 cm³/mol. The van der Waals surface area contributed by atoms with Crippen molar-refractivity contribution in [3.05, 3.63) is 29.8 Å². The molecule has 1 unspecified atom stereocenters. The van der Waals surface area contributed by atoms with E-state index in [-0.39, 0.29) is 17.6 Å². The van der Waals surface area contributed by atoms with Gasteiger partial charge in [0, 0.05) is 19.0 Å². The Labute approximate surface area is 116 Å². The molecule has 0 spiro atoms. The highest BCUT2D eigenvalue weighted by Crippen LogP contribution is 2.28. The second-order valence-electron chi connectivity index (χ2n) is 5.05. The van der Waals surface area contributed by atoms with Crippen LogP contribution in [0.5, 0.6) is 5.75 Å². The number of primary amides is 1. The van der Waals surface area contributed by atoms with Gasteiger partial charge in [-0.2, -0.15) is 0 Å². The van der Waals surface area contributed by atoms with Gasteiger partial charge in [-0.3, -0.25) is 14.5 Å². The van der Waals surface area contributed by atoms with Crippen LogP contribution in [0.4, 0.5) is 0 Å². The molecule has 1 amide bonds. The smallest absolute Gasteiger partial charge is 0.325 e. The van der Waals surface area contributed by atoms with Crippen LogP contribution in [-0.4, -0.2) is 40.1 Å². The van der Waals surface area contributed by atoms with Gasteiger partial charge in [0.25, 0.3) is 0 Å². The standard InChI is InChI=1S/C14H18N2O4/c15-13(18)9-4-6-16(7-5-9)12(14(19)20)10-2-1-3-11(17)8-10/h1-3,8-9,12,17H,4-7H2,(H2,15,18)(H,19,20). The van der Waals surface area contributed by atoms with E-state index in [1.54, 1.807) is 17.0 Å². The Morgan fingerprint density at radius 1 is 1.30 bits per heavy atom. The summed E-state index contributed by atoms with van der Waals surface area (Å²) < 4.78 is 0. The fourth-order valence-corrected chi connectivity index (χ4v) is 2.65. The molecule has 6 heteroatoms. The maximum atomic E-state index is 11.5. The summed E-state index contributed by atoms with van der Waals surface area (Å²) in [6, 6.07) is 5.45. The van der Waals surface area contributed by atoms with Gasteiger partial charge >= 0.3 is 5.97 Å². The number of nitrogens with zero attached hydrogens (tertiary/aromatic N) is 1. The number of carbonyl (C=O) groups is 2. The molecule has 1 atom stereocenters. The van der Waals surface area contributed by atoms with E-state index in [1.807, 2.05) is 0 Å². The summed E-state index contributed by atoms with van der Waals surface area (Å²) in [4.78, 5) is 24.4. The van der Waals surface area contributed by atoms with Gasteiger partial charge in [0.2, 0.25) is 5.91 Å². The van der Waals surface area contributed by atoms with Crippen LogP contribution in [0.2, 0.25) is 0 Å². The quantitative estimate of drug-likeness (QED) is 0.752. The number of amides is 1. The van der Waals surface area contributed by atoms with Gasteiger partial charge < -0.3 is 15.9 Å². The van der Waals surface area contributed by atoms with Crippen molar-refractivity contribution in [1.29, 1.82) is 0 Å². The number of hydrogen-bond acceptors (Lipinski definition) is 4. The Morgan fingerprint density at radius 3 is 2.45 bits per heavy atom. The molecular formula is C14H18N2O4. The molecule has 1 fully saturated rings. The van der Waals surface area contributed by atoms with Crippen LogP contribution >= 0.6 is 0 Å². The number of carboxylic acid groups (broad SMARTS) is 1. The lowest BCUT2D eigenvalue weighted by atomic mass is 9.93. The molecule has 1 aliphatic rings. The highest BCUT2D eigenvalue weighted by Gasteiger charge is 2.32. The predicted octanol–water partition coefficient (Wildman–Crippen LogP) is 0.715. The zero-order chi connectivity index (χ0) is 14.7. The topological polar surface area (TPSA) is 104 Å². The molecule has 108 valence electrons. The minimum Gasteiger partial charge on any atom is -0.508 e. The molecule has 1 heterocycles. The Hall–Kier alpha value is -2.08. The maximum absolute atomic E-state index is 11.5. The number of nitrogens with two attached hydrogens (primary N) is 1. The first-order chi connectivity index (χ1) is 9.49. The number of piperidine rings is 1. The van der Waals surface area contributed by atoms with E-state index in [1.165, 1.54) is 12.1 Å². The zero-order valence-electron chi connectivity index (χ0n) is 11.0. The lowest BCUT2D eigenvalue weighted by Gasteiger charge is -2.34. The van der Waals surface area contributed by atoms with Gasteiger partial charge in [-0.25, -0.2) is 0 Å². The monoisotopic (exact) mass is 278 g/mol. The molecule has 0 saturated carbocycles. The number of phenolic OH excluding ortho intramolecular Hbond substituents is 1. The molecule has 0 aromatic heterocycles. The third-order valence-corrected chi connectivity index (χ3v) is 3.72. The first-order valence-electron chi connectivity index (χ1n) is 6.54. The van der Waals surface area contributed by atoms with Gasteiger partial charge in [0.1, 0.15) is 11.8 Å². The highest BCUT2D eigenvalue weighted by atomic mass is 16.4. The zero-order valence-corrected chi connectivity index (χ0v) is 11.0. The molecule has 0 radical (unpaired) electrons. The van der Waals surface area contributed by atoms with E-state index < -0.39 is 12.0 Å². The lowest BCUT2D eigenvalue weighted by Crippen LogP contribution is -2.42.